The van der Waals surface area contributed by atoms with Gasteiger partial charge in [-0.15, -0.1) is 0 Å². The molecular weight excluding hydrogens is 419 g/mol. The molecule has 1 heterocycles. The lowest BCUT2D eigenvalue weighted by Gasteiger charge is -2.10. The summed E-state index contributed by atoms with van der Waals surface area (Å²) in [5.74, 6) is -1.91. The monoisotopic (exact) mass is 437 g/mol. The Kier molecular flexibility index (Phi) is 5.73. The van der Waals surface area contributed by atoms with E-state index in [0.29, 0.717) is 22.5 Å². The fourth-order valence-electron chi connectivity index (χ4n) is 3.42. The zero-order chi connectivity index (χ0) is 22.8. The van der Waals surface area contributed by atoms with Crippen LogP contribution >= 0.6 is 0 Å². The van der Waals surface area contributed by atoms with Crippen molar-refractivity contribution in [3.8, 4) is 16.9 Å². The quantitative estimate of drug-likeness (QED) is 0.360. The van der Waals surface area contributed by atoms with E-state index in [1.54, 1.807) is 37.5 Å². The van der Waals surface area contributed by atoms with Crippen molar-refractivity contribution in [1.82, 2.24) is 0 Å². The minimum Gasteiger partial charge on any atom is -0.496 e. The van der Waals surface area contributed by atoms with Crippen molar-refractivity contribution >= 4 is 28.1 Å². The maximum Gasteiger partial charge on any atom is 0.248 e. The molecule has 4 aromatic rings. The van der Waals surface area contributed by atoms with E-state index >= 15 is 0 Å². The first-order valence-corrected chi connectivity index (χ1v) is 9.65. The molecular formula is C25H18F3NO3. The molecule has 4 nitrogen and oxygen atoms in total. The first-order chi connectivity index (χ1) is 15.4. The van der Waals surface area contributed by atoms with E-state index in [2.05, 4.69) is 5.32 Å². The largest absolute Gasteiger partial charge is 0.496 e. The molecule has 3 aromatic carbocycles. The Morgan fingerprint density at radius 2 is 1.72 bits per heavy atom. The third kappa shape index (κ3) is 4.23. The fourth-order valence-corrected chi connectivity index (χ4v) is 3.42. The first-order valence-electron chi connectivity index (χ1n) is 9.65. The van der Waals surface area contributed by atoms with Gasteiger partial charge in [-0.2, -0.15) is 0 Å². The molecule has 7 heteroatoms. The van der Waals surface area contributed by atoms with Gasteiger partial charge in [0.15, 0.2) is 0 Å². The van der Waals surface area contributed by atoms with Crippen LogP contribution < -0.4 is 10.1 Å². The van der Waals surface area contributed by atoms with E-state index in [4.69, 9.17) is 9.15 Å². The molecule has 0 saturated carbocycles. The molecule has 32 heavy (non-hydrogen) atoms. The second-order valence-electron chi connectivity index (χ2n) is 7.15. The molecule has 0 spiro atoms. The van der Waals surface area contributed by atoms with E-state index < -0.39 is 17.5 Å². The minimum absolute atomic E-state index is 0.255. The molecule has 0 radical (unpaired) electrons. The highest BCUT2D eigenvalue weighted by molar-refractivity contribution is 6.05. The van der Waals surface area contributed by atoms with Gasteiger partial charge in [0.05, 0.1) is 19.1 Å². The zero-order valence-electron chi connectivity index (χ0n) is 17.2. The molecule has 4 rings (SSSR count). The van der Waals surface area contributed by atoms with Crippen molar-refractivity contribution in [2.75, 3.05) is 12.4 Å². The molecule has 0 fully saturated rings. The van der Waals surface area contributed by atoms with Gasteiger partial charge >= 0.3 is 0 Å². The van der Waals surface area contributed by atoms with Gasteiger partial charge in [-0.1, -0.05) is 12.1 Å². The summed E-state index contributed by atoms with van der Waals surface area (Å²) in [5, 5.41) is 3.09. The van der Waals surface area contributed by atoms with Gasteiger partial charge < -0.3 is 14.5 Å². The molecule has 0 unspecified atom stereocenters. The Labute approximate surface area is 181 Å². The average Bonchev–Trinajstić information content (AvgIpc) is 3.18. The van der Waals surface area contributed by atoms with Crippen molar-refractivity contribution < 1.29 is 27.1 Å². The predicted molar refractivity (Wildman–Crippen MR) is 117 cm³/mol. The SMILES string of the molecule is COc1cc2occ(-c3ccc(F)cc3)c2cc1/C(C)=C/C(=O)Nc1cc(F)ccc1F. The number of hydrogen-bond acceptors (Lipinski definition) is 3. The average molecular weight is 437 g/mol. The number of amides is 1. The zero-order valence-corrected chi connectivity index (χ0v) is 17.2. The van der Waals surface area contributed by atoms with Crippen LogP contribution in [-0.2, 0) is 4.79 Å². The second kappa shape index (κ2) is 8.63. The van der Waals surface area contributed by atoms with E-state index in [0.717, 1.165) is 34.7 Å². The topological polar surface area (TPSA) is 51.5 Å². The lowest BCUT2D eigenvalue weighted by Crippen LogP contribution is -2.10. The number of fused-ring (bicyclic) bond motifs is 1. The summed E-state index contributed by atoms with van der Waals surface area (Å²) >= 11 is 0. The number of halogens is 3. The maximum atomic E-state index is 13.8. The number of anilines is 1. The summed E-state index contributed by atoms with van der Waals surface area (Å²) in [6.07, 6.45) is 2.84. The van der Waals surface area contributed by atoms with Crippen molar-refractivity contribution in [3.05, 3.63) is 90.0 Å². The smallest absolute Gasteiger partial charge is 0.248 e. The predicted octanol–water partition coefficient (Wildman–Crippen LogP) is 6.57. The second-order valence-corrected chi connectivity index (χ2v) is 7.15. The fraction of sp³-hybridized carbons (Fsp3) is 0.0800. The summed E-state index contributed by atoms with van der Waals surface area (Å²) in [6.45, 7) is 1.70. The van der Waals surface area contributed by atoms with Gasteiger partial charge in [0.2, 0.25) is 5.91 Å². The third-order valence-corrected chi connectivity index (χ3v) is 5.01. The Balaban J connectivity index is 1.71. The highest BCUT2D eigenvalue weighted by Crippen LogP contribution is 2.37. The van der Waals surface area contributed by atoms with Crippen LogP contribution in [0.5, 0.6) is 5.75 Å². The lowest BCUT2D eigenvalue weighted by atomic mass is 9.99. The van der Waals surface area contributed by atoms with E-state index in [1.165, 1.54) is 25.3 Å². The number of ether oxygens (including phenoxy) is 1. The summed E-state index contributed by atoms with van der Waals surface area (Å²) in [4.78, 5) is 12.4. The number of methoxy groups -OCH3 is 1. The summed E-state index contributed by atoms with van der Waals surface area (Å²) < 4.78 is 51.6. The highest BCUT2D eigenvalue weighted by Gasteiger charge is 2.15. The maximum absolute atomic E-state index is 13.8. The number of furan rings is 1. The molecule has 1 aromatic heterocycles. The molecule has 0 aliphatic carbocycles. The highest BCUT2D eigenvalue weighted by atomic mass is 19.1. The normalized spacial score (nSPS) is 11.6. The van der Waals surface area contributed by atoms with Crippen LogP contribution in [0.25, 0.3) is 27.7 Å². The van der Waals surface area contributed by atoms with E-state index in [9.17, 15) is 18.0 Å². The van der Waals surface area contributed by atoms with Crippen LogP contribution in [0.15, 0.2) is 71.4 Å². The number of allylic oxidation sites excluding steroid dienone is 1. The van der Waals surface area contributed by atoms with Gasteiger partial charge in [-0.3, -0.25) is 4.79 Å². The van der Waals surface area contributed by atoms with Crippen LogP contribution in [0.4, 0.5) is 18.9 Å². The van der Waals surface area contributed by atoms with Crippen molar-refractivity contribution in [2.45, 2.75) is 6.92 Å². The third-order valence-electron chi connectivity index (χ3n) is 5.01. The molecule has 162 valence electrons. The van der Waals surface area contributed by atoms with Crippen LogP contribution in [0.2, 0.25) is 0 Å². The van der Waals surface area contributed by atoms with Gasteiger partial charge in [-0.05, 0) is 48.4 Å². The molecule has 0 aliphatic rings. The van der Waals surface area contributed by atoms with Crippen molar-refractivity contribution in [1.29, 1.82) is 0 Å². The number of hydrogen-bond donors (Lipinski definition) is 1. The summed E-state index contributed by atoms with van der Waals surface area (Å²) in [6, 6.07) is 12.3. The molecule has 0 saturated heterocycles. The molecule has 0 aliphatic heterocycles. The van der Waals surface area contributed by atoms with Crippen LogP contribution in [0, 0.1) is 17.5 Å². The molecule has 1 N–H and O–H groups in total. The van der Waals surface area contributed by atoms with Crippen LogP contribution in [0.3, 0.4) is 0 Å². The van der Waals surface area contributed by atoms with E-state index in [-0.39, 0.29) is 11.5 Å². The number of carbonyl (C=O) groups excluding carboxylic acids is 1. The van der Waals surface area contributed by atoms with Gasteiger partial charge in [0.25, 0.3) is 0 Å². The Morgan fingerprint density at radius 3 is 2.44 bits per heavy atom. The summed E-state index contributed by atoms with van der Waals surface area (Å²) in [7, 11) is 1.49. The number of carbonyl (C=O) groups is 1. The van der Waals surface area contributed by atoms with Crippen molar-refractivity contribution in [3.63, 3.8) is 0 Å². The van der Waals surface area contributed by atoms with Gasteiger partial charge in [-0.25, -0.2) is 13.2 Å². The standard InChI is InChI=1S/C25H18F3NO3/c1-14(9-25(30)29-22-10-17(27)7-8-21(22)28)18-11-19-20(15-3-5-16(26)6-4-15)13-32-24(19)12-23(18)31-2/h3-13H,1-2H3,(H,29,30)/b14-9+. The number of rotatable bonds is 5. The molecule has 0 atom stereocenters. The molecule has 0 bridgehead atoms. The lowest BCUT2D eigenvalue weighted by molar-refractivity contribution is -0.111. The first kappa shape index (κ1) is 21.2. The Hall–Kier alpha value is -4.00. The summed E-state index contributed by atoms with van der Waals surface area (Å²) in [5.41, 5.74) is 2.97. The van der Waals surface area contributed by atoms with E-state index in [1.807, 2.05) is 0 Å². The van der Waals surface area contributed by atoms with Crippen LogP contribution in [0.1, 0.15) is 12.5 Å². The molecule has 1 amide bonds. The number of benzene rings is 3. The number of nitrogens with one attached hydrogen (secondary N) is 1. The van der Waals surface area contributed by atoms with Gasteiger partial charge in [0, 0.05) is 34.7 Å². The van der Waals surface area contributed by atoms with Crippen LogP contribution in [-0.4, -0.2) is 13.0 Å². The van der Waals surface area contributed by atoms with Gasteiger partial charge in [0.1, 0.15) is 28.8 Å². The van der Waals surface area contributed by atoms with Crippen molar-refractivity contribution in [2.24, 2.45) is 0 Å². The Bertz CT molecular complexity index is 1340. The Morgan fingerprint density at radius 1 is 1.00 bits per heavy atom. The minimum atomic E-state index is -0.743.